The third kappa shape index (κ3) is 4.97. The summed E-state index contributed by atoms with van der Waals surface area (Å²) in [6, 6.07) is 0. The predicted octanol–water partition coefficient (Wildman–Crippen LogP) is 2.52. The number of hydrogen-bond acceptors (Lipinski definition) is 2. The molecule has 86 valence electrons. The molecule has 14 heavy (non-hydrogen) atoms. The fourth-order valence-electron chi connectivity index (χ4n) is 1.72. The van der Waals surface area contributed by atoms with E-state index in [1.54, 1.807) is 0 Å². The van der Waals surface area contributed by atoms with Crippen LogP contribution in [-0.4, -0.2) is 36.2 Å². The summed E-state index contributed by atoms with van der Waals surface area (Å²) in [6.45, 7) is 12.4. The fourth-order valence-corrected chi connectivity index (χ4v) is 1.72. The molecule has 2 heteroatoms. The Hall–Kier alpha value is -0.0800. The summed E-state index contributed by atoms with van der Waals surface area (Å²) in [5.41, 5.74) is 0.0876. The second kappa shape index (κ2) is 7.24. The van der Waals surface area contributed by atoms with Crippen molar-refractivity contribution in [1.82, 2.24) is 4.90 Å². The van der Waals surface area contributed by atoms with Crippen LogP contribution in [0.2, 0.25) is 0 Å². The monoisotopic (exact) mass is 201 g/mol. The topological polar surface area (TPSA) is 23.5 Å². The van der Waals surface area contributed by atoms with Gasteiger partial charge in [0.15, 0.2) is 0 Å². The maximum absolute atomic E-state index is 9.34. The molecule has 0 aliphatic heterocycles. The Labute approximate surface area is 89.3 Å². The van der Waals surface area contributed by atoms with E-state index in [4.69, 9.17) is 0 Å². The van der Waals surface area contributed by atoms with Gasteiger partial charge in [0.05, 0.1) is 0 Å². The summed E-state index contributed by atoms with van der Waals surface area (Å²) in [6.07, 6.45) is 3.45. The first-order valence-electron chi connectivity index (χ1n) is 5.95. The van der Waals surface area contributed by atoms with Crippen molar-refractivity contribution in [1.29, 1.82) is 0 Å². The number of aliphatic hydroxyl groups excluding tert-OH is 1. The van der Waals surface area contributed by atoms with Crippen LogP contribution in [0.5, 0.6) is 0 Å². The van der Waals surface area contributed by atoms with Crippen LogP contribution in [0.25, 0.3) is 0 Å². The van der Waals surface area contributed by atoms with Crippen LogP contribution in [0, 0.1) is 5.41 Å². The Morgan fingerprint density at radius 2 is 1.57 bits per heavy atom. The van der Waals surface area contributed by atoms with Crippen molar-refractivity contribution in [3.63, 3.8) is 0 Å². The van der Waals surface area contributed by atoms with Crippen LogP contribution in [0.1, 0.15) is 47.0 Å². The molecule has 0 fully saturated rings. The Kier molecular flexibility index (Phi) is 7.20. The molecule has 1 N–H and O–H groups in total. The first kappa shape index (κ1) is 13.9. The molecule has 0 aliphatic carbocycles. The summed E-state index contributed by atoms with van der Waals surface area (Å²) >= 11 is 0. The predicted molar refractivity (Wildman–Crippen MR) is 62.5 cm³/mol. The number of aliphatic hydroxyl groups is 1. The molecule has 0 radical (unpaired) electrons. The molecule has 1 atom stereocenters. The third-order valence-electron chi connectivity index (χ3n) is 2.92. The first-order valence-corrected chi connectivity index (χ1v) is 5.95. The van der Waals surface area contributed by atoms with Crippen molar-refractivity contribution in [3.05, 3.63) is 0 Å². The largest absolute Gasteiger partial charge is 0.396 e. The molecule has 2 nitrogen and oxygen atoms in total. The number of hydrogen-bond donors (Lipinski definition) is 1. The van der Waals surface area contributed by atoms with Crippen LogP contribution in [0.3, 0.4) is 0 Å². The third-order valence-corrected chi connectivity index (χ3v) is 2.92. The van der Waals surface area contributed by atoms with E-state index in [1.807, 2.05) is 0 Å². The highest BCUT2D eigenvalue weighted by molar-refractivity contribution is 4.76. The molecular formula is C12H27NO. The Bertz CT molecular complexity index is 126. The maximum atomic E-state index is 9.34. The van der Waals surface area contributed by atoms with E-state index in [9.17, 15) is 5.11 Å². The lowest BCUT2D eigenvalue weighted by Gasteiger charge is -2.33. The average molecular weight is 201 g/mol. The minimum atomic E-state index is 0.0876. The molecule has 0 bridgehead atoms. The highest BCUT2D eigenvalue weighted by Crippen LogP contribution is 2.21. The molecule has 0 spiro atoms. The SMILES string of the molecule is CCCN(CCC)CC(C)(CC)CO. The Morgan fingerprint density at radius 3 is 1.86 bits per heavy atom. The van der Waals surface area contributed by atoms with Gasteiger partial charge in [-0.25, -0.2) is 0 Å². The lowest BCUT2D eigenvalue weighted by molar-refractivity contribution is 0.0844. The quantitative estimate of drug-likeness (QED) is 0.652. The molecule has 0 heterocycles. The van der Waals surface area contributed by atoms with Gasteiger partial charge in [-0.3, -0.25) is 0 Å². The van der Waals surface area contributed by atoms with E-state index < -0.39 is 0 Å². The summed E-state index contributed by atoms with van der Waals surface area (Å²) < 4.78 is 0. The summed E-state index contributed by atoms with van der Waals surface area (Å²) in [5.74, 6) is 0. The number of rotatable bonds is 8. The van der Waals surface area contributed by atoms with E-state index in [-0.39, 0.29) is 5.41 Å². The van der Waals surface area contributed by atoms with E-state index in [0.717, 1.165) is 26.1 Å². The number of nitrogens with zero attached hydrogens (tertiary/aromatic N) is 1. The van der Waals surface area contributed by atoms with Crippen molar-refractivity contribution in [3.8, 4) is 0 Å². The van der Waals surface area contributed by atoms with Crippen molar-refractivity contribution >= 4 is 0 Å². The van der Waals surface area contributed by atoms with Gasteiger partial charge in [-0.15, -0.1) is 0 Å². The minimum absolute atomic E-state index is 0.0876. The van der Waals surface area contributed by atoms with E-state index >= 15 is 0 Å². The highest BCUT2D eigenvalue weighted by atomic mass is 16.3. The lowest BCUT2D eigenvalue weighted by Crippen LogP contribution is -2.38. The molecule has 0 saturated heterocycles. The zero-order valence-corrected chi connectivity index (χ0v) is 10.3. The normalized spacial score (nSPS) is 15.9. The van der Waals surface area contributed by atoms with Gasteiger partial charge in [-0.1, -0.05) is 27.7 Å². The van der Waals surface area contributed by atoms with Crippen LogP contribution in [0.4, 0.5) is 0 Å². The van der Waals surface area contributed by atoms with Gasteiger partial charge < -0.3 is 10.0 Å². The lowest BCUT2D eigenvalue weighted by atomic mass is 9.88. The molecule has 0 aromatic heterocycles. The van der Waals surface area contributed by atoms with Gasteiger partial charge in [-0.05, 0) is 32.4 Å². The highest BCUT2D eigenvalue weighted by Gasteiger charge is 2.23. The van der Waals surface area contributed by atoms with Gasteiger partial charge in [0.1, 0.15) is 0 Å². The molecule has 0 aliphatic rings. The fraction of sp³-hybridized carbons (Fsp3) is 1.00. The molecule has 0 saturated carbocycles. The van der Waals surface area contributed by atoms with E-state index in [1.165, 1.54) is 12.8 Å². The molecule has 0 aromatic rings. The Morgan fingerprint density at radius 1 is 1.07 bits per heavy atom. The zero-order valence-electron chi connectivity index (χ0n) is 10.3. The standard InChI is InChI=1S/C12H27NO/c1-5-8-13(9-6-2)10-12(4,7-3)11-14/h14H,5-11H2,1-4H3. The molecule has 1 unspecified atom stereocenters. The average Bonchev–Trinajstić information content (AvgIpc) is 2.18. The van der Waals surface area contributed by atoms with E-state index in [2.05, 4.69) is 32.6 Å². The summed E-state index contributed by atoms with van der Waals surface area (Å²) in [7, 11) is 0. The van der Waals surface area contributed by atoms with Crippen molar-refractivity contribution < 1.29 is 5.11 Å². The van der Waals surface area contributed by atoms with Gasteiger partial charge in [0, 0.05) is 18.6 Å². The van der Waals surface area contributed by atoms with Crippen molar-refractivity contribution in [2.24, 2.45) is 5.41 Å². The van der Waals surface area contributed by atoms with Crippen LogP contribution < -0.4 is 0 Å². The molecule has 0 rings (SSSR count). The van der Waals surface area contributed by atoms with Gasteiger partial charge in [-0.2, -0.15) is 0 Å². The Balaban J connectivity index is 4.10. The first-order chi connectivity index (χ1) is 6.61. The molecule has 0 amide bonds. The van der Waals surface area contributed by atoms with Crippen molar-refractivity contribution in [2.45, 2.75) is 47.0 Å². The van der Waals surface area contributed by atoms with Gasteiger partial charge in [0.2, 0.25) is 0 Å². The smallest absolute Gasteiger partial charge is 0.0496 e. The zero-order chi connectivity index (χ0) is 11.0. The van der Waals surface area contributed by atoms with Crippen LogP contribution in [0.15, 0.2) is 0 Å². The van der Waals surface area contributed by atoms with Gasteiger partial charge in [0.25, 0.3) is 0 Å². The van der Waals surface area contributed by atoms with Crippen LogP contribution >= 0.6 is 0 Å². The second-order valence-electron chi connectivity index (χ2n) is 4.60. The van der Waals surface area contributed by atoms with Gasteiger partial charge >= 0.3 is 0 Å². The second-order valence-corrected chi connectivity index (χ2v) is 4.60. The van der Waals surface area contributed by atoms with Crippen LogP contribution in [-0.2, 0) is 0 Å². The van der Waals surface area contributed by atoms with Crippen molar-refractivity contribution in [2.75, 3.05) is 26.2 Å². The maximum Gasteiger partial charge on any atom is 0.0496 e. The molecular weight excluding hydrogens is 174 g/mol. The van der Waals surface area contributed by atoms with E-state index in [0.29, 0.717) is 6.61 Å². The minimum Gasteiger partial charge on any atom is -0.396 e. The molecule has 0 aromatic carbocycles. The summed E-state index contributed by atoms with van der Waals surface area (Å²) in [4.78, 5) is 2.47. The summed E-state index contributed by atoms with van der Waals surface area (Å²) in [5, 5.41) is 9.34.